The first-order valence-corrected chi connectivity index (χ1v) is 6.26. The smallest absolute Gasteiger partial charge is 0.326 e. The second-order valence-electron chi connectivity index (χ2n) is 4.44. The van der Waals surface area contributed by atoms with E-state index in [1.807, 2.05) is 6.92 Å². The lowest BCUT2D eigenvalue weighted by Crippen LogP contribution is -2.41. The Hall–Kier alpha value is -1.91. The molecule has 0 saturated carbocycles. The van der Waals surface area contributed by atoms with Crippen LogP contribution in [0.5, 0.6) is 0 Å². The lowest BCUT2D eigenvalue weighted by Gasteiger charge is -2.14. The summed E-state index contributed by atoms with van der Waals surface area (Å²) in [4.78, 5) is 22.9. The zero-order valence-corrected chi connectivity index (χ0v) is 11.1. The predicted molar refractivity (Wildman–Crippen MR) is 69.6 cm³/mol. The minimum atomic E-state index is -1.10. The molecule has 0 radical (unpaired) electrons. The van der Waals surface area contributed by atoms with Gasteiger partial charge in [0, 0.05) is 0 Å². The Balaban J connectivity index is 2.82. The van der Waals surface area contributed by atoms with Crippen LogP contribution in [0.2, 0.25) is 0 Å². The summed E-state index contributed by atoms with van der Waals surface area (Å²) in [6.07, 6.45) is 1.86. The van der Waals surface area contributed by atoms with Gasteiger partial charge in [-0.1, -0.05) is 31.9 Å². The molecule has 0 aliphatic rings. The van der Waals surface area contributed by atoms with Crippen molar-refractivity contribution in [1.29, 1.82) is 0 Å². The van der Waals surface area contributed by atoms with Gasteiger partial charge < -0.3 is 10.4 Å². The summed E-state index contributed by atoms with van der Waals surface area (Å²) in [5, 5.41) is 11.4. The molecule has 1 unspecified atom stereocenters. The lowest BCUT2D eigenvalue weighted by molar-refractivity contribution is -0.139. The number of aryl methyl sites for hydroxylation is 1. The van der Waals surface area contributed by atoms with E-state index in [9.17, 15) is 14.0 Å². The van der Waals surface area contributed by atoms with Crippen LogP contribution in [0, 0.1) is 12.7 Å². The van der Waals surface area contributed by atoms with E-state index in [2.05, 4.69) is 5.32 Å². The standard InChI is InChI=1S/C14H18FNO3/c1-3-4-8-11(14(18)19)16-13(17)10-7-5-6-9(2)12(10)15/h5-7,11H,3-4,8H2,1-2H3,(H,16,17)(H,18,19). The van der Waals surface area contributed by atoms with E-state index >= 15 is 0 Å². The Morgan fingerprint density at radius 3 is 2.68 bits per heavy atom. The molecule has 0 bridgehead atoms. The molecule has 104 valence electrons. The molecule has 0 aromatic heterocycles. The molecule has 0 saturated heterocycles. The monoisotopic (exact) mass is 267 g/mol. The highest BCUT2D eigenvalue weighted by atomic mass is 19.1. The van der Waals surface area contributed by atoms with Gasteiger partial charge in [-0.25, -0.2) is 9.18 Å². The molecule has 4 nitrogen and oxygen atoms in total. The average Bonchev–Trinajstić information content (AvgIpc) is 2.37. The van der Waals surface area contributed by atoms with Gasteiger partial charge in [0.15, 0.2) is 0 Å². The van der Waals surface area contributed by atoms with E-state index in [1.54, 1.807) is 19.1 Å². The topological polar surface area (TPSA) is 66.4 Å². The number of nitrogens with one attached hydrogen (secondary N) is 1. The van der Waals surface area contributed by atoms with Crippen LogP contribution in [-0.2, 0) is 4.79 Å². The summed E-state index contributed by atoms with van der Waals surface area (Å²) in [5.74, 6) is -2.40. The van der Waals surface area contributed by atoms with Crippen LogP contribution in [0.15, 0.2) is 18.2 Å². The van der Waals surface area contributed by atoms with Gasteiger partial charge in [-0.15, -0.1) is 0 Å². The summed E-state index contributed by atoms with van der Waals surface area (Å²) in [7, 11) is 0. The highest BCUT2D eigenvalue weighted by Gasteiger charge is 2.21. The normalized spacial score (nSPS) is 11.9. The molecule has 0 spiro atoms. The predicted octanol–water partition coefficient (Wildman–Crippen LogP) is 2.51. The van der Waals surface area contributed by atoms with Crippen molar-refractivity contribution in [2.75, 3.05) is 0 Å². The van der Waals surface area contributed by atoms with E-state index in [0.717, 1.165) is 6.42 Å². The van der Waals surface area contributed by atoms with Gasteiger partial charge in [0.05, 0.1) is 5.56 Å². The van der Waals surface area contributed by atoms with E-state index in [4.69, 9.17) is 5.11 Å². The molecule has 1 aromatic carbocycles. The molecule has 0 heterocycles. The number of carboxylic acids is 1. The van der Waals surface area contributed by atoms with Gasteiger partial charge in [-0.2, -0.15) is 0 Å². The third-order valence-electron chi connectivity index (χ3n) is 2.89. The van der Waals surface area contributed by atoms with Crippen molar-refractivity contribution >= 4 is 11.9 Å². The first-order valence-electron chi connectivity index (χ1n) is 6.26. The maximum absolute atomic E-state index is 13.7. The largest absolute Gasteiger partial charge is 0.480 e. The molecule has 2 N–H and O–H groups in total. The van der Waals surface area contributed by atoms with Gasteiger partial charge in [0.1, 0.15) is 11.9 Å². The quantitative estimate of drug-likeness (QED) is 0.832. The Labute approximate surface area is 111 Å². The number of halogens is 1. The summed E-state index contributed by atoms with van der Waals surface area (Å²) in [5.41, 5.74) is 0.232. The van der Waals surface area contributed by atoms with Crippen LogP contribution < -0.4 is 5.32 Å². The van der Waals surface area contributed by atoms with Crippen molar-refractivity contribution in [3.05, 3.63) is 35.1 Å². The lowest BCUT2D eigenvalue weighted by atomic mass is 10.1. The first-order chi connectivity index (χ1) is 8.97. The SMILES string of the molecule is CCCCC(NC(=O)c1cccc(C)c1F)C(=O)O. The fourth-order valence-corrected chi connectivity index (χ4v) is 1.72. The zero-order chi connectivity index (χ0) is 14.4. The van der Waals surface area contributed by atoms with E-state index in [1.165, 1.54) is 6.07 Å². The number of carbonyl (C=O) groups is 2. The molecule has 0 aliphatic heterocycles. The molecule has 1 amide bonds. The Kier molecular flexibility index (Phi) is 5.48. The van der Waals surface area contributed by atoms with Crippen molar-refractivity contribution in [3.63, 3.8) is 0 Å². The molecular weight excluding hydrogens is 249 g/mol. The summed E-state index contributed by atoms with van der Waals surface area (Å²) >= 11 is 0. The van der Waals surface area contributed by atoms with Crippen LogP contribution in [0.25, 0.3) is 0 Å². The molecule has 19 heavy (non-hydrogen) atoms. The van der Waals surface area contributed by atoms with Crippen molar-refractivity contribution in [2.24, 2.45) is 0 Å². The number of hydrogen-bond acceptors (Lipinski definition) is 2. The molecule has 1 atom stereocenters. The third-order valence-corrected chi connectivity index (χ3v) is 2.89. The second-order valence-corrected chi connectivity index (χ2v) is 4.44. The number of unbranched alkanes of at least 4 members (excludes halogenated alkanes) is 1. The van der Waals surface area contributed by atoms with Crippen LogP contribution in [-0.4, -0.2) is 23.0 Å². The van der Waals surface area contributed by atoms with Crippen molar-refractivity contribution in [2.45, 2.75) is 39.2 Å². The minimum Gasteiger partial charge on any atom is -0.480 e. The fraction of sp³-hybridized carbons (Fsp3) is 0.429. The van der Waals surface area contributed by atoms with Crippen molar-refractivity contribution in [1.82, 2.24) is 5.32 Å². The van der Waals surface area contributed by atoms with E-state index < -0.39 is 23.7 Å². The average molecular weight is 267 g/mol. The molecular formula is C14H18FNO3. The van der Waals surface area contributed by atoms with Crippen LogP contribution >= 0.6 is 0 Å². The summed E-state index contributed by atoms with van der Waals surface area (Å²) < 4.78 is 13.7. The summed E-state index contributed by atoms with van der Waals surface area (Å²) in [6, 6.07) is 3.48. The number of carbonyl (C=O) groups excluding carboxylic acids is 1. The van der Waals surface area contributed by atoms with Gasteiger partial charge in [0.25, 0.3) is 5.91 Å². The van der Waals surface area contributed by atoms with Gasteiger partial charge in [0.2, 0.25) is 0 Å². The molecule has 0 aliphatic carbocycles. The first kappa shape index (κ1) is 15.1. The molecule has 1 rings (SSSR count). The number of benzene rings is 1. The third kappa shape index (κ3) is 4.05. The second kappa shape index (κ2) is 6.87. The number of aliphatic carboxylic acids is 1. The maximum atomic E-state index is 13.7. The maximum Gasteiger partial charge on any atom is 0.326 e. The molecule has 5 heteroatoms. The summed E-state index contributed by atoms with van der Waals surface area (Å²) in [6.45, 7) is 3.48. The minimum absolute atomic E-state index is 0.122. The Morgan fingerprint density at radius 1 is 1.42 bits per heavy atom. The van der Waals surface area contributed by atoms with Crippen molar-refractivity contribution in [3.8, 4) is 0 Å². The number of carboxylic acid groups (broad SMARTS) is 1. The van der Waals surface area contributed by atoms with Crippen LogP contribution in [0.3, 0.4) is 0 Å². The van der Waals surface area contributed by atoms with Crippen molar-refractivity contribution < 1.29 is 19.1 Å². The van der Waals surface area contributed by atoms with Gasteiger partial charge >= 0.3 is 5.97 Å². The van der Waals surface area contributed by atoms with E-state index in [0.29, 0.717) is 18.4 Å². The molecule has 1 aromatic rings. The Bertz CT molecular complexity index is 474. The highest BCUT2D eigenvalue weighted by molar-refractivity contribution is 5.96. The fourth-order valence-electron chi connectivity index (χ4n) is 1.72. The zero-order valence-electron chi connectivity index (χ0n) is 11.1. The van der Waals surface area contributed by atoms with Crippen LogP contribution in [0.1, 0.15) is 42.1 Å². The molecule has 0 fully saturated rings. The van der Waals surface area contributed by atoms with E-state index in [-0.39, 0.29) is 5.56 Å². The van der Waals surface area contributed by atoms with Gasteiger partial charge in [-0.05, 0) is 25.0 Å². The Morgan fingerprint density at radius 2 is 2.11 bits per heavy atom. The number of amides is 1. The number of hydrogen-bond donors (Lipinski definition) is 2. The highest BCUT2D eigenvalue weighted by Crippen LogP contribution is 2.12. The van der Waals surface area contributed by atoms with Gasteiger partial charge in [-0.3, -0.25) is 4.79 Å². The van der Waals surface area contributed by atoms with Crippen LogP contribution in [0.4, 0.5) is 4.39 Å². The number of rotatable bonds is 6.